The Hall–Kier alpha value is -2.24. The largest absolute Gasteiger partial charge is 0.256 e. The maximum Gasteiger partial charge on any atom is 0.0783 e. The average Bonchev–Trinajstić information content (AvgIpc) is 2.62. The summed E-state index contributed by atoms with van der Waals surface area (Å²) in [7, 11) is -0.726. The van der Waals surface area contributed by atoms with E-state index < -0.39 is 8.07 Å². The fourth-order valence-corrected chi connectivity index (χ4v) is 4.14. The number of hydrogen-bond donors (Lipinski definition) is 0. The second-order valence-electron chi connectivity index (χ2n) is 5.03. The molecule has 0 fully saturated rings. The van der Waals surface area contributed by atoms with Gasteiger partial charge in [0, 0.05) is 16.3 Å². The lowest BCUT2D eigenvalue weighted by molar-refractivity contribution is 1.59. The summed E-state index contributed by atoms with van der Waals surface area (Å²) in [6.45, 7) is 2.09. The van der Waals surface area contributed by atoms with E-state index in [2.05, 4.69) is 91.9 Å². The van der Waals surface area contributed by atoms with Crippen LogP contribution in [0.5, 0.6) is 0 Å². The Morgan fingerprint density at radius 1 is 0.636 bits per heavy atom. The molecule has 0 aromatic heterocycles. The zero-order valence-corrected chi connectivity index (χ0v) is 13.4. The van der Waals surface area contributed by atoms with Crippen molar-refractivity contribution in [3.8, 4) is 0 Å². The molecule has 0 saturated heterocycles. The topological polar surface area (TPSA) is 12.4 Å². The van der Waals surface area contributed by atoms with E-state index in [0.29, 0.717) is 0 Å². The van der Waals surface area contributed by atoms with Crippen LogP contribution in [0.4, 0.5) is 0 Å². The number of benzene rings is 3. The van der Waals surface area contributed by atoms with Crippen molar-refractivity contribution >= 4 is 24.4 Å². The predicted molar refractivity (Wildman–Crippen MR) is 97.7 cm³/mol. The maximum absolute atomic E-state index is 5.07. The van der Waals surface area contributed by atoms with Crippen LogP contribution in [0.25, 0.3) is 0 Å². The van der Waals surface area contributed by atoms with Crippen molar-refractivity contribution in [2.45, 2.75) is 6.92 Å². The van der Waals surface area contributed by atoms with E-state index >= 15 is 0 Å². The van der Waals surface area contributed by atoms with E-state index in [1.165, 1.54) is 16.2 Å². The monoisotopic (exact) mass is 303 g/mol. The first-order chi connectivity index (χ1) is 10.8. The normalized spacial score (nSPS) is 11.6. The molecular weight excluding hydrogens is 285 g/mol. The third kappa shape index (κ3) is 3.50. The van der Waals surface area contributed by atoms with Crippen molar-refractivity contribution in [2.75, 3.05) is 0 Å². The molecule has 3 aromatic carbocycles. The molecule has 0 heterocycles. The molecule has 0 aliphatic carbocycles. The number of rotatable bonds is 4. The van der Waals surface area contributed by atoms with E-state index in [1.54, 1.807) is 0 Å². The lowest BCUT2D eigenvalue weighted by atomic mass is 10.1. The molecule has 3 aromatic rings. The summed E-state index contributed by atoms with van der Waals surface area (Å²) in [5.41, 5.74) is 2.27. The average molecular weight is 303 g/mol. The summed E-state index contributed by atoms with van der Waals surface area (Å²) in [6, 6.07) is 31.5. The minimum absolute atomic E-state index is 0.726. The molecule has 0 atom stereocenters. The van der Waals surface area contributed by atoms with Crippen molar-refractivity contribution < 1.29 is 0 Å². The molecule has 0 N–H and O–H groups in total. The fourth-order valence-electron chi connectivity index (χ4n) is 2.29. The van der Waals surface area contributed by atoms with Crippen molar-refractivity contribution in [3.05, 3.63) is 96.6 Å². The molecule has 3 rings (SSSR count). The second-order valence-corrected chi connectivity index (χ2v) is 6.89. The third-order valence-corrected chi connectivity index (χ3v) is 5.52. The van der Waals surface area contributed by atoms with Gasteiger partial charge in [0.2, 0.25) is 0 Å². The molecule has 0 saturated carbocycles. The summed E-state index contributed by atoms with van der Waals surface area (Å²) in [6.07, 6.45) is 0. The SMILES string of the molecule is C/C(=N\P(c1ccccc1)c1ccccc1)c1ccccc1. The molecule has 0 unspecified atom stereocenters. The van der Waals surface area contributed by atoms with Crippen LogP contribution >= 0.6 is 8.07 Å². The molecule has 1 nitrogen and oxygen atoms in total. The highest BCUT2D eigenvalue weighted by molar-refractivity contribution is 7.72. The molecule has 0 aliphatic heterocycles. The van der Waals surface area contributed by atoms with Gasteiger partial charge < -0.3 is 0 Å². The second kappa shape index (κ2) is 7.15. The zero-order chi connectivity index (χ0) is 15.2. The summed E-state index contributed by atoms with van der Waals surface area (Å²) >= 11 is 0. The molecule has 0 aliphatic rings. The van der Waals surface area contributed by atoms with Gasteiger partial charge in [-0.3, -0.25) is 4.76 Å². The van der Waals surface area contributed by atoms with Crippen LogP contribution in [0, 0.1) is 0 Å². The highest BCUT2D eigenvalue weighted by Gasteiger charge is 2.13. The Morgan fingerprint density at radius 3 is 1.50 bits per heavy atom. The Labute approximate surface area is 133 Å². The van der Waals surface area contributed by atoms with Crippen LogP contribution in [0.15, 0.2) is 95.8 Å². The lowest BCUT2D eigenvalue weighted by Crippen LogP contribution is -2.11. The minimum Gasteiger partial charge on any atom is -0.256 e. The standard InChI is InChI=1S/C20H18NP/c1-17(18-11-5-2-6-12-18)21-22(19-13-7-3-8-14-19)20-15-9-4-10-16-20/h2-16H,1H3/b21-17+. The summed E-state index contributed by atoms with van der Waals surface area (Å²) in [5, 5.41) is 2.55. The molecule has 2 heteroatoms. The van der Waals surface area contributed by atoms with Crippen LogP contribution in [0.2, 0.25) is 0 Å². The van der Waals surface area contributed by atoms with E-state index in [4.69, 9.17) is 4.76 Å². The first-order valence-electron chi connectivity index (χ1n) is 7.35. The quantitative estimate of drug-likeness (QED) is 0.495. The van der Waals surface area contributed by atoms with E-state index in [1.807, 2.05) is 6.07 Å². The third-order valence-electron chi connectivity index (χ3n) is 3.44. The van der Waals surface area contributed by atoms with Crippen LogP contribution < -0.4 is 10.6 Å². The first-order valence-corrected chi connectivity index (χ1v) is 8.65. The van der Waals surface area contributed by atoms with Crippen LogP contribution in [0.3, 0.4) is 0 Å². The van der Waals surface area contributed by atoms with Gasteiger partial charge in [-0.1, -0.05) is 91.0 Å². The Bertz CT molecular complexity index is 697. The smallest absolute Gasteiger partial charge is 0.0783 e. The highest BCUT2D eigenvalue weighted by Crippen LogP contribution is 2.35. The van der Waals surface area contributed by atoms with Gasteiger partial charge in [0.1, 0.15) is 0 Å². The van der Waals surface area contributed by atoms with Gasteiger partial charge in [0.15, 0.2) is 0 Å². The summed E-state index contributed by atoms with van der Waals surface area (Å²) in [4.78, 5) is 0. The van der Waals surface area contributed by atoms with Gasteiger partial charge >= 0.3 is 0 Å². The molecule has 0 amide bonds. The molecule has 0 bridgehead atoms. The van der Waals surface area contributed by atoms with Crippen molar-refractivity contribution in [1.82, 2.24) is 0 Å². The molecule has 0 radical (unpaired) electrons. The molecule has 0 spiro atoms. The van der Waals surface area contributed by atoms with Crippen molar-refractivity contribution in [2.24, 2.45) is 4.76 Å². The van der Waals surface area contributed by atoms with Gasteiger partial charge in [-0.25, -0.2) is 0 Å². The van der Waals surface area contributed by atoms with Gasteiger partial charge in [-0.05, 0) is 12.5 Å². The van der Waals surface area contributed by atoms with E-state index in [-0.39, 0.29) is 0 Å². The number of hydrogen-bond acceptors (Lipinski definition) is 1. The highest BCUT2D eigenvalue weighted by atomic mass is 31.1. The van der Waals surface area contributed by atoms with Gasteiger partial charge in [-0.15, -0.1) is 0 Å². The molecular formula is C20H18NP. The predicted octanol–water partition coefficient (Wildman–Crippen LogP) is 4.54. The van der Waals surface area contributed by atoms with Gasteiger partial charge in [0.05, 0.1) is 8.07 Å². The molecule has 22 heavy (non-hydrogen) atoms. The zero-order valence-electron chi connectivity index (χ0n) is 12.6. The van der Waals surface area contributed by atoms with Crippen LogP contribution in [0.1, 0.15) is 12.5 Å². The summed E-state index contributed by atoms with van der Waals surface area (Å²) in [5.74, 6) is 0. The van der Waals surface area contributed by atoms with Crippen LogP contribution in [-0.4, -0.2) is 5.71 Å². The fraction of sp³-hybridized carbons (Fsp3) is 0.0500. The number of nitrogens with zero attached hydrogens (tertiary/aromatic N) is 1. The van der Waals surface area contributed by atoms with Gasteiger partial charge in [-0.2, -0.15) is 0 Å². The van der Waals surface area contributed by atoms with E-state index in [0.717, 1.165) is 5.71 Å². The van der Waals surface area contributed by atoms with Crippen LogP contribution in [-0.2, 0) is 0 Å². The Balaban J connectivity index is 2.03. The summed E-state index contributed by atoms with van der Waals surface area (Å²) < 4.78 is 5.07. The van der Waals surface area contributed by atoms with Gasteiger partial charge in [0.25, 0.3) is 0 Å². The van der Waals surface area contributed by atoms with E-state index in [9.17, 15) is 0 Å². The Morgan fingerprint density at radius 2 is 1.05 bits per heavy atom. The molecule has 108 valence electrons. The minimum atomic E-state index is -0.726. The van der Waals surface area contributed by atoms with Crippen molar-refractivity contribution in [1.29, 1.82) is 0 Å². The first kappa shape index (κ1) is 14.7. The lowest BCUT2D eigenvalue weighted by Gasteiger charge is -2.15. The maximum atomic E-state index is 5.07. The van der Waals surface area contributed by atoms with Crippen molar-refractivity contribution in [3.63, 3.8) is 0 Å². The Kier molecular flexibility index (Phi) is 4.78.